The summed E-state index contributed by atoms with van der Waals surface area (Å²) in [6.45, 7) is 10.6. The van der Waals surface area contributed by atoms with Gasteiger partial charge in [-0.25, -0.2) is 0 Å². The lowest BCUT2D eigenvalue weighted by Gasteiger charge is -2.30. The number of nitrogens with two attached hydrogens (primary N) is 1. The molecule has 2 fully saturated rings. The van der Waals surface area contributed by atoms with E-state index in [9.17, 15) is 0 Å². The molecule has 0 aliphatic carbocycles. The molecule has 0 spiro atoms. The molecule has 3 heteroatoms. The van der Waals surface area contributed by atoms with Crippen molar-refractivity contribution in [1.82, 2.24) is 9.80 Å². The molecular formula is C13H27N3. The minimum Gasteiger partial charge on any atom is -0.324 e. The Labute approximate surface area is 100.0 Å². The molecule has 3 nitrogen and oxygen atoms in total. The SMILES string of the molecule is CCC(C)(N)CN1CCC(N2CCCC2)C1. The second kappa shape index (κ2) is 5.03. The molecule has 2 unspecified atom stereocenters. The van der Waals surface area contributed by atoms with E-state index >= 15 is 0 Å². The van der Waals surface area contributed by atoms with Gasteiger partial charge in [-0.3, -0.25) is 9.80 Å². The van der Waals surface area contributed by atoms with Crippen LogP contribution >= 0.6 is 0 Å². The van der Waals surface area contributed by atoms with E-state index in [1.807, 2.05) is 0 Å². The number of nitrogens with zero attached hydrogens (tertiary/aromatic N) is 2. The second-order valence-corrected chi connectivity index (χ2v) is 5.93. The van der Waals surface area contributed by atoms with Crippen LogP contribution in [0.2, 0.25) is 0 Å². The number of hydrogen-bond donors (Lipinski definition) is 1. The summed E-state index contributed by atoms with van der Waals surface area (Å²) in [5.74, 6) is 0. The fraction of sp³-hybridized carbons (Fsp3) is 1.00. The molecule has 0 saturated carbocycles. The van der Waals surface area contributed by atoms with Gasteiger partial charge in [0.05, 0.1) is 0 Å². The Balaban J connectivity index is 1.79. The van der Waals surface area contributed by atoms with Crippen LogP contribution in [0.3, 0.4) is 0 Å². The molecule has 0 bridgehead atoms. The van der Waals surface area contributed by atoms with Crippen LogP contribution in [0, 0.1) is 0 Å². The van der Waals surface area contributed by atoms with E-state index in [1.165, 1.54) is 45.4 Å². The van der Waals surface area contributed by atoms with E-state index in [0.29, 0.717) is 0 Å². The summed E-state index contributed by atoms with van der Waals surface area (Å²) in [7, 11) is 0. The van der Waals surface area contributed by atoms with Gasteiger partial charge in [-0.05, 0) is 52.2 Å². The molecule has 2 saturated heterocycles. The van der Waals surface area contributed by atoms with Crippen molar-refractivity contribution in [2.24, 2.45) is 5.73 Å². The van der Waals surface area contributed by atoms with Crippen molar-refractivity contribution >= 4 is 0 Å². The summed E-state index contributed by atoms with van der Waals surface area (Å²) in [6.07, 6.45) is 5.22. The zero-order valence-corrected chi connectivity index (χ0v) is 10.9. The Bertz CT molecular complexity index is 221. The maximum absolute atomic E-state index is 6.24. The normalized spacial score (nSPS) is 32.1. The first-order valence-electron chi connectivity index (χ1n) is 6.86. The van der Waals surface area contributed by atoms with E-state index in [2.05, 4.69) is 23.6 Å². The molecule has 16 heavy (non-hydrogen) atoms. The van der Waals surface area contributed by atoms with Crippen LogP contribution in [0.1, 0.15) is 39.5 Å². The zero-order chi connectivity index (χ0) is 11.6. The van der Waals surface area contributed by atoms with Crippen LogP contribution in [0.25, 0.3) is 0 Å². The van der Waals surface area contributed by atoms with Gasteiger partial charge in [-0.15, -0.1) is 0 Å². The quantitative estimate of drug-likeness (QED) is 0.782. The molecule has 2 N–H and O–H groups in total. The lowest BCUT2D eigenvalue weighted by molar-refractivity contribution is 0.210. The van der Waals surface area contributed by atoms with Crippen molar-refractivity contribution in [3.8, 4) is 0 Å². The van der Waals surface area contributed by atoms with Crippen molar-refractivity contribution in [3.05, 3.63) is 0 Å². The molecule has 2 rings (SSSR count). The van der Waals surface area contributed by atoms with E-state index in [-0.39, 0.29) is 5.54 Å². The summed E-state index contributed by atoms with van der Waals surface area (Å²) in [5, 5.41) is 0. The van der Waals surface area contributed by atoms with Gasteiger partial charge in [0.2, 0.25) is 0 Å². The number of likely N-dealkylation sites (tertiary alicyclic amines) is 2. The minimum atomic E-state index is -0.0000999. The van der Waals surface area contributed by atoms with Crippen LogP contribution in [0.5, 0.6) is 0 Å². The lowest BCUT2D eigenvalue weighted by Crippen LogP contribution is -2.47. The summed E-state index contributed by atoms with van der Waals surface area (Å²) >= 11 is 0. The first-order chi connectivity index (χ1) is 7.61. The fourth-order valence-corrected chi connectivity index (χ4v) is 2.98. The molecule has 0 aromatic rings. The highest BCUT2D eigenvalue weighted by Crippen LogP contribution is 2.21. The maximum atomic E-state index is 6.24. The smallest absolute Gasteiger partial charge is 0.0252 e. The predicted molar refractivity (Wildman–Crippen MR) is 68.5 cm³/mol. The maximum Gasteiger partial charge on any atom is 0.0252 e. The fourth-order valence-electron chi connectivity index (χ4n) is 2.98. The Kier molecular flexibility index (Phi) is 3.88. The Morgan fingerprint density at radius 2 is 1.94 bits per heavy atom. The third-order valence-corrected chi connectivity index (χ3v) is 4.30. The van der Waals surface area contributed by atoms with E-state index in [1.54, 1.807) is 0 Å². The molecule has 2 atom stereocenters. The molecule has 0 aromatic carbocycles. The van der Waals surface area contributed by atoms with Crippen LogP contribution in [-0.4, -0.2) is 54.1 Å². The summed E-state index contributed by atoms with van der Waals surface area (Å²) < 4.78 is 0. The van der Waals surface area contributed by atoms with Gasteiger partial charge in [0, 0.05) is 24.7 Å². The van der Waals surface area contributed by atoms with Crippen LogP contribution in [0.15, 0.2) is 0 Å². The molecule has 2 aliphatic heterocycles. The average molecular weight is 225 g/mol. The van der Waals surface area contributed by atoms with Gasteiger partial charge in [0.25, 0.3) is 0 Å². The summed E-state index contributed by atoms with van der Waals surface area (Å²) in [4.78, 5) is 5.24. The zero-order valence-electron chi connectivity index (χ0n) is 10.9. The third kappa shape index (κ3) is 2.96. The Morgan fingerprint density at radius 1 is 1.25 bits per heavy atom. The number of hydrogen-bond acceptors (Lipinski definition) is 3. The van der Waals surface area contributed by atoms with Crippen LogP contribution in [0.4, 0.5) is 0 Å². The van der Waals surface area contributed by atoms with Crippen molar-refractivity contribution in [2.45, 2.75) is 51.1 Å². The summed E-state index contributed by atoms with van der Waals surface area (Å²) in [5.41, 5.74) is 6.24. The highest BCUT2D eigenvalue weighted by Gasteiger charge is 2.31. The van der Waals surface area contributed by atoms with Crippen LogP contribution in [-0.2, 0) is 0 Å². The van der Waals surface area contributed by atoms with Crippen molar-refractivity contribution in [3.63, 3.8) is 0 Å². The topological polar surface area (TPSA) is 32.5 Å². The number of rotatable bonds is 4. The molecule has 0 radical (unpaired) electrons. The predicted octanol–water partition coefficient (Wildman–Crippen LogP) is 1.28. The van der Waals surface area contributed by atoms with Gasteiger partial charge >= 0.3 is 0 Å². The molecule has 2 aliphatic rings. The van der Waals surface area contributed by atoms with E-state index in [0.717, 1.165) is 19.0 Å². The highest BCUT2D eigenvalue weighted by molar-refractivity contribution is 4.90. The standard InChI is InChI=1S/C13H27N3/c1-3-13(2,14)11-15-9-6-12(10-15)16-7-4-5-8-16/h12H,3-11,14H2,1-2H3. The average Bonchev–Trinajstić information content (AvgIpc) is 2.86. The Morgan fingerprint density at radius 3 is 2.56 bits per heavy atom. The lowest BCUT2D eigenvalue weighted by atomic mass is 10.0. The summed E-state index contributed by atoms with van der Waals surface area (Å²) in [6, 6.07) is 0.815. The van der Waals surface area contributed by atoms with Gasteiger partial charge in [0.1, 0.15) is 0 Å². The largest absolute Gasteiger partial charge is 0.324 e. The molecule has 0 aromatic heterocycles. The first-order valence-corrected chi connectivity index (χ1v) is 6.86. The minimum absolute atomic E-state index is 0.0000999. The van der Waals surface area contributed by atoms with Crippen molar-refractivity contribution < 1.29 is 0 Å². The molecular weight excluding hydrogens is 198 g/mol. The van der Waals surface area contributed by atoms with Gasteiger partial charge in [-0.2, -0.15) is 0 Å². The Hall–Kier alpha value is -0.120. The van der Waals surface area contributed by atoms with Crippen LogP contribution < -0.4 is 5.73 Å². The monoisotopic (exact) mass is 225 g/mol. The van der Waals surface area contributed by atoms with E-state index < -0.39 is 0 Å². The molecule has 2 heterocycles. The molecule has 94 valence electrons. The van der Waals surface area contributed by atoms with Gasteiger partial charge < -0.3 is 5.73 Å². The highest BCUT2D eigenvalue weighted by atomic mass is 15.3. The van der Waals surface area contributed by atoms with E-state index in [4.69, 9.17) is 5.73 Å². The van der Waals surface area contributed by atoms with Crippen molar-refractivity contribution in [1.29, 1.82) is 0 Å². The third-order valence-electron chi connectivity index (χ3n) is 4.30. The van der Waals surface area contributed by atoms with Crippen molar-refractivity contribution in [2.75, 3.05) is 32.7 Å². The first kappa shape index (κ1) is 12.3. The molecule has 0 amide bonds. The van der Waals surface area contributed by atoms with Gasteiger partial charge in [0.15, 0.2) is 0 Å². The second-order valence-electron chi connectivity index (χ2n) is 5.93. The van der Waals surface area contributed by atoms with Gasteiger partial charge in [-0.1, -0.05) is 6.92 Å².